The molecule has 0 aliphatic carbocycles. The van der Waals surface area contributed by atoms with Crippen LogP contribution in [-0.2, 0) is 22.7 Å². The molecule has 78 valence electrons. The maximum atomic E-state index is 5.23. The Hall–Kier alpha value is -0.780. The minimum absolute atomic E-state index is 0.456. The van der Waals surface area contributed by atoms with Gasteiger partial charge in [-0.3, -0.25) is 0 Å². The van der Waals surface area contributed by atoms with E-state index in [1.807, 2.05) is 6.92 Å². The van der Waals surface area contributed by atoms with Crippen molar-refractivity contribution in [2.45, 2.75) is 20.1 Å². The summed E-state index contributed by atoms with van der Waals surface area (Å²) >= 11 is 5.01. The Balaban J connectivity index is 2.78. The first-order valence-corrected chi connectivity index (χ1v) is 4.83. The first-order chi connectivity index (χ1) is 6.76. The molecule has 0 spiro atoms. The molecule has 1 aromatic heterocycles. The van der Waals surface area contributed by atoms with Crippen LogP contribution in [0.5, 0.6) is 0 Å². The van der Waals surface area contributed by atoms with Crippen LogP contribution in [0.1, 0.15) is 18.4 Å². The lowest BCUT2D eigenvalue weighted by Gasteiger charge is -2.04. The maximum Gasteiger partial charge on any atom is 0.134 e. The highest BCUT2D eigenvalue weighted by Crippen LogP contribution is 2.00. The highest BCUT2D eigenvalue weighted by atomic mass is 32.1. The van der Waals surface area contributed by atoms with E-state index in [2.05, 4.69) is 9.97 Å². The zero-order valence-electron chi connectivity index (χ0n) is 8.37. The highest BCUT2D eigenvalue weighted by molar-refractivity contribution is 7.71. The van der Waals surface area contributed by atoms with Crippen molar-refractivity contribution in [3.05, 3.63) is 22.2 Å². The van der Waals surface area contributed by atoms with E-state index >= 15 is 0 Å². The standard InChI is InChI=1S/C9H14N2O2S/c1-3-13-6-8-10-7(5-12-2)4-9(14)11-8/h4H,3,5-6H2,1-2H3,(H,10,11,14). The Morgan fingerprint density at radius 3 is 2.93 bits per heavy atom. The molecule has 0 aromatic carbocycles. The van der Waals surface area contributed by atoms with Crippen molar-refractivity contribution in [3.63, 3.8) is 0 Å². The van der Waals surface area contributed by atoms with Crippen molar-refractivity contribution < 1.29 is 9.47 Å². The van der Waals surface area contributed by atoms with Gasteiger partial charge in [0.25, 0.3) is 0 Å². The third-order valence-electron chi connectivity index (χ3n) is 1.59. The molecular formula is C9H14N2O2S. The van der Waals surface area contributed by atoms with Gasteiger partial charge < -0.3 is 14.5 Å². The van der Waals surface area contributed by atoms with Gasteiger partial charge in [0.2, 0.25) is 0 Å². The van der Waals surface area contributed by atoms with Crippen LogP contribution in [-0.4, -0.2) is 23.7 Å². The molecule has 1 rings (SSSR count). The van der Waals surface area contributed by atoms with Gasteiger partial charge in [0.1, 0.15) is 17.1 Å². The SMILES string of the molecule is CCOCc1nc(=S)cc(COC)[nH]1. The average molecular weight is 214 g/mol. The third-order valence-corrected chi connectivity index (χ3v) is 1.80. The molecular weight excluding hydrogens is 200 g/mol. The summed E-state index contributed by atoms with van der Waals surface area (Å²) in [6.07, 6.45) is 0. The molecule has 0 saturated carbocycles. The molecule has 0 amide bonds. The van der Waals surface area contributed by atoms with E-state index in [4.69, 9.17) is 21.7 Å². The van der Waals surface area contributed by atoms with Crippen molar-refractivity contribution in [1.29, 1.82) is 0 Å². The Bertz CT molecular complexity index is 338. The summed E-state index contributed by atoms with van der Waals surface area (Å²) in [5.41, 5.74) is 0.919. The van der Waals surface area contributed by atoms with E-state index in [0.29, 0.717) is 24.5 Å². The molecule has 0 unspecified atom stereocenters. The fourth-order valence-corrected chi connectivity index (χ4v) is 1.32. The van der Waals surface area contributed by atoms with Crippen LogP contribution in [0.25, 0.3) is 0 Å². The number of nitrogens with zero attached hydrogens (tertiary/aromatic N) is 1. The number of hydrogen-bond acceptors (Lipinski definition) is 4. The number of aromatic amines is 1. The zero-order valence-corrected chi connectivity index (χ0v) is 9.19. The van der Waals surface area contributed by atoms with Gasteiger partial charge in [-0.25, -0.2) is 4.98 Å². The highest BCUT2D eigenvalue weighted by Gasteiger charge is 1.98. The summed E-state index contributed by atoms with van der Waals surface area (Å²) in [7, 11) is 1.64. The van der Waals surface area contributed by atoms with Crippen molar-refractivity contribution >= 4 is 12.2 Å². The lowest BCUT2D eigenvalue weighted by atomic mass is 10.4. The Morgan fingerprint density at radius 2 is 2.29 bits per heavy atom. The van der Waals surface area contributed by atoms with Gasteiger partial charge in [-0.05, 0) is 13.0 Å². The number of methoxy groups -OCH3 is 1. The van der Waals surface area contributed by atoms with Crippen LogP contribution in [0.3, 0.4) is 0 Å². The summed E-state index contributed by atoms with van der Waals surface area (Å²) in [6.45, 7) is 3.56. The monoisotopic (exact) mass is 214 g/mol. The van der Waals surface area contributed by atoms with Gasteiger partial charge in [-0.15, -0.1) is 0 Å². The number of H-pyrrole nitrogens is 1. The van der Waals surface area contributed by atoms with E-state index in [-0.39, 0.29) is 0 Å². The number of nitrogens with one attached hydrogen (secondary N) is 1. The summed E-state index contributed by atoms with van der Waals surface area (Å²) in [4.78, 5) is 7.23. The van der Waals surface area contributed by atoms with Crippen LogP contribution >= 0.6 is 12.2 Å². The van der Waals surface area contributed by atoms with E-state index in [9.17, 15) is 0 Å². The fourth-order valence-electron chi connectivity index (χ4n) is 1.06. The Kier molecular flexibility index (Phi) is 4.72. The minimum atomic E-state index is 0.456. The number of ether oxygens (including phenoxy) is 2. The predicted molar refractivity (Wildman–Crippen MR) is 55.5 cm³/mol. The van der Waals surface area contributed by atoms with Crippen LogP contribution in [0, 0.1) is 4.64 Å². The van der Waals surface area contributed by atoms with Gasteiger partial charge in [-0.1, -0.05) is 12.2 Å². The second-order valence-electron chi connectivity index (χ2n) is 2.76. The van der Waals surface area contributed by atoms with E-state index in [1.165, 1.54) is 0 Å². The van der Waals surface area contributed by atoms with Crippen molar-refractivity contribution in [1.82, 2.24) is 9.97 Å². The van der Waals surface area contributed by atoms with Crippen LogP contribution in [0.4, 0.5) is 0 Å². The minimum Gasteiger partial charge on any atom is -0.378 e. The van der Waals surface area contributed by atoms with E-state index in [1.54, 1.807) is 13.2 Å². The molecule has 0 radical (unpaired) electrons. The molecule has 0 aliphatic rings. The molecule has 4 nitrogen and oxygen atoms in total. The second kappa shape index (κ2) is 5.85. The first kappa shape index (κ1) is 11.3. The number of hydrogen-bond donors (Lipinski definition) is 1. The summed E-state index contributed by atoms with van der Waals surface area (Å²) in [5, 5.41) is 0. The van der Waals surface area contributed by atoms with Gasteiger partial charge in [0.15, 0.2) is 0 Å². The molecule has 5 heteroatoms. The van der Waals surface area contributed by atoms with Crippen LogP contribution in [0.2, 0.25) is 0 Å². The molecule has 0 aliphatic heterocycles. The topological polar surface area (TPSA) is 47.1 Å². The molecule has 0 saturated heterocycles. The molecule has 0 atom stereocenters. The quantitative estimate of drug-likeness (QED) is 0.759. The fraction of sp³-hybridized carbons (Fsp3) is 0.556. The Labute approximate surface area is 88.3 Å². The van der Waals surface area contributed by atoms with Crippen LogP contribution in [0.15, 0.2) is 6.07 Å². The third kappa shape index (κ3) is 3.53. The van der Waals surface area contributed by atoms with Crippen molar-refractivity contribution in [2.24, 2.45) is 0 Å². The maximum absolute atomic E-state index is 5.23. The number of aromatic nitrogens is 2. The van der Waals surface area contributed by atoms with Gasteiger partial charge in [-0.2, -0.15) is 0 Å². The molecule has 1 aromatic rings. The number of rotatable bonds is 5. The average Bonchev–Trinajstić information content (AvgIpc) is 2.14. The molecule has 0 fully saturated rings. The van der Waals surface area contributed by atoms with E-state index < -0.39 is 0 Å². The molecule has 1 N–H and O–H groups in total. The zero-order chi connectivity index (χ0) is 10.4. The summed E-state index contributed by atoms with van der Waals surface area (Å²) in [5.74, 6) is 0.742. The molecule has 1 heterocycles. The Morgan fingerprint density at radius 1 is 1.50 bits per heavy atom. The summed E-state index contributed by atoms with van der Waals surface area (Å²) in [6, 6.07) is 1.79. The molecule has 0 bridgehead atoms. The first-order valence-electron chi connectivity index (χ1n) is 4.42. The lowest BCUT2D eigenvalue weighted by Crippen LogP contribution is -2.03. The summed E-state index contributed by atoms with van der Waals surface area (Å²) < 4.78 is 10.8. The van der Waals surface area contributed by atoms with Gasteiger partial charge in [0, 0.05) is 19.4 Å². The van der Waals surface area contributed by atoms with Crippen LogP contribution < -0.4 is 0 Å². The second-order valence-corrected chi connectivity index (χ2v) is 3.18. The van der Waals surface area contributed by atoms with Crippen molar-refractivity contribution in [2.75, 3.05) is 13.7 Å². The lowest BCUT2D eigenvalue weighted by molar-refractivity contribution is 0.127. The predicted octanol–water partition coefficient (Wildman–Crippen LogP) is 1.82. The van der Waals surface area contributed by atoms with Crippen molar-refractivity contribution in [3.8, 4) is 0 Å². The smallest absolute Gasteiger partial charge is 0.134 e. The normalized spacial score (nSPS) is 10.4. The largest absolute Gasteiger partial charge is 0.378 e. The van der Waals surface area contributed by atoms with Gasteiger partial charge >= 0.3 is 0 Å². The van der Waals surface area contributed by atoms with Gasteiger partial charge in [0.05, 0.1) is 6.61 Å². The molecule has 14 heavy (non-hydrogen) atoms. The van der Waals surface area contributed by atoms with E-state index in [0.717, 1.165) is 11.5 Å².